The molecule has 2 heterocycles. The fourth-order valence-electron chi connectivity index (χ4n) is 7.79. The highest BCUT2D eigenvalue weighted by Crippen LogP contribution is 2.47. The van der Waals surface area contributed by atoms with Gasteiger partial charge >= 0.3 is 0 Å². The van der Waals surface area contributed by atoms with Crippen molar-refractivity contribution in [3.63, 3.8) is 0 Å². The molecule has 8 nitrogen and oxygen atoms in total. The number of hydrazine groups is 1. The maximum Gasteiger partial charge on any atom is 0.263 e. The molecule has 2 aliphatic carbocycles. The van der Waals surface area contributed by atoms with Gasteiger partial charge in [0.2, 0.25) is 0 Å². The minimum atomic E-state index is -1.53. The van der Waals surface area contributed by atoms with Gasteiger partial charge in [-0.15, -0.1) is 0 Å². The summed E-state index contributed by atoms with van der Waals surface area (Å²) >= 11 is 6.44. The molecule has 5 N–H and O–H groups in total. The van der Waals surface area contributed by atoms with Gasteiger partial charge in [0.05, 0.1) is 17.5 Å². The minimum Gasteiger partial charge on any atom is -0.490 e. The summed E-state index contributed by atoms with van der Waals surface area (Å²) in [6, 6.07) is 11.9. The SMILES string of the molecule is CC1C/C=C/C(CN(N)/C=C\N)C2CCC2CN2CC3(CCCc4cc(Cl)ccc43)COc3ccc(cc32)C(=O)NS(=O)C1C. The maximum atomic E-state index is 13.4. The van der Waals surface area contributed by atoms with Crippen molar-refractivity contribution in [2.24, 2.45) is 35.2 Å². The van der Waals surface area contributed by atoms with Crippen LogP contribution in [0.1, 0.15) is 67.4 Å². The van der Waals surface area contributed by atoms with Gasteiger partial charge in [-0.2, -0.15) is 0 Å². The molecule has 7 unspecified atom stereocenters. The third-order valence-corrected chi connectivity index (χ3v) is 12.5. The Hall–Kier alpha value is -3.01. The van der Waals surface area contributed by atoms with Crippen molar-refractivity contribution in [2.75, 3.05) is 31.1 Å². The highest BCUT2D eigenvalue weighted by atomic mass is 35.5. The predicted molar refractivity (Wildman–Crippen MR) is 182 cm³/mol. The predicted octanol–water partition coefficient (Wildman–Crippen LogP) is 5.44. The summed E-state index contributed by atoms with van der Waals surface area (Å²) in [6.07, 6.45) is 13.8. The molecule has 1 saturated carbocycles. The molecule has 6 rings (SSSR count). The molecule has 242 valence electrons. The van der Waals surface area contributed by atoms with Crippen LogP contribution in [-0.2, 0) is 22.8 Å². The number of nitrogens with one attached hydrogen (secondary N) is 1. The van der Waals surface area contributed by atoms with E-state index >= 15 is 0 Å². The number of anilines is 1. The average molecular weight is 652 g/mol. The van der Waals surface area contributed by atoms with Crippen LogP contribution in [-0.4, -0.2) is 46.6 Å². The fourth-order valence-corrected chi connectivity index (χ4v) is 9.01. The first-order valence-electron chi connectivity index (χ1n) is 16.3. The number of hydrogen-bond donors (Lipinski definition) is 3. The molecule has 0 radical (unpaired) electrons. The summed E-state index contributed by atoms with van der Waals surface area (Å²) in [4.78, 5) is 15.9. The number of carbonyl (C=O) groups is 1. The molecule has 0 saturated heterocycles. The third kappa shape index (κ3) is 6.62. The van der Waals surface area contributed by atoms with Gasteiger partial charge in [-0.3, -0.25) is 9.52 Å². The highest BCUT2D eigenvalue weighted by Gasteiger charge is 2.44. The number of nitrogens with zero attached hydrogens (tertiary/aromatic N) is 2. The molecule has 1 amide bonds. The Morgan fingerprint density at radius 2 is 2.07 bits per heavy atom. The van der Waals surface area contributed by atoms with Crippen LogP contribution in [0.4, 0.5) is 5.69 Å². The summed E-state index contributed by atoms with van der Waals surface area (Å²) < 4.78 is 22.7. The third-order valence-electron chi connectivity index (χ3n) is 10.7. The quantitative estimate of drug-likeness (QED) is 0.230. The molecular formula is C35H46ClN5O3S. The van der Waals surface area contributed by atoms with E-state index in [-0.39, 0.29) is 28.4 Å². The van der Waals surface area contributed by atoms with E-state index in [2.05, 4.69) is 40.8 Å². The number of rotatable bonds is 3. The van der Waals surface area contributed by atoms with Crippen LogP contribution < -0.4 is 25.9 Å². The van der Waals surface area contributed by atoms with Crippen molar-refractivity contribution in [3.8, 4) is 5.75 Å². The Bertz CT molecular complexity index is 1500. The van der Waals surface area contributed by atoms with Crippen molar-refractivity contribution in [2.45, 2.75) is 63.0 Å². The molecule has 7 atom stereocenters. The number of benzene rings is 2. The summed E-state index contributed by atoms with van der Waals surface area (Å²) in [7, 11) is -1.53. The zero-order valence-corrected chi connectivity index (χ0v) is 27.9. The highest BCUT2D eigenvalue weighted by molar-refractivity contribution is 7.84. The topological polar surface area (TPSA) is 114 Å². The van der Waals surface area contributed by atoms with Crippen molar-refractivity contribution >= 4 is 34.2 Å². The van der Waals surface area contributed by atoms with Crippen LogP contribution in [0.5, 0.6) is 5.75 Å². The Kier molecular flexibility index (Phi) is 9.50. The number of nitrogens with two attached hydrogens (primary N) is 2. The Labute approximate surface area is 274 Å². The fraction of sp³-hybridized carbons (Fsp3) is 0.514. The van der Waals surface area contributed by atoms with Crippen LogP contribution in [0.3, 0.4) is 0 Å². The summed E-state index contributed by atoms with van der Waals surface area (Å²) in [6.45, 7) is 6.87. The number of amides is 1. The second kappa shape index (κ2) is 13.4. The normalized spacial score (nSPS) is 32.4. The number of hydrogen-bond acceptors (Lipinski definition) is 7. The zero-order chi connectivity index (χ0) is 31.7. The van der Waals surface area contributed by atoms with Crippen molar-refractivity contribution in [1.29, 1.82) is 0 Å². The number of halogens is 1. The minimum absolute atomic E-state index is 0.117. The molecule has 45 heavy (non-hydrogen) atoms. The molecule has 0 aromatic heterocycles. The van der Waals surface area contributed by atoms with Gasteiger partial charge in [-0.1, -0.05) is 36.7 Å². The molecule has 2 aromatic rings. The standard InChI is InChI=1S/C35H46ClN5O3S/c1-23-5-3-6-27(20-41(38)16-15-37)30-11-8-28(30)19-40-21-35(14-4-7-25-17-29(36)10-12-31(25)35)22-44-33-13-9-26(18-32(33)40)34(42)39-45(43)24(23)2/h3,6,9-10,12-13,15-18,23-24,27-28,30H,4-5,7-8,11,14,19-22,37-38H2,1-2H3,(H,39,42)/b6-3+,16-15-. The maximum absolute atomic E-state index is 13.4. The molecular weight excluding hydrogens is 606 g/mol. The van der Waals surface area contributed by atoms with E-state index in [1.165, 1.54) is 17.3 Å². The van der Waals surface area contributed by atoms with E-state index in [4.69, 9.17) is 27.9 Å². The number of aryl methyl sites for hydroxylation is 1. The van der Waals surface area contributed by atoms with Crippen LogP contribution in [0.2, 0.25) is 5.02 Å². The Balaban J connectivity index is 1.41. The number of allylic oxidation sites excluding steroid dienone is 1. The van der Waals surface area contributed by atoms with Crippen LogP contribution in [0, 0.1) is 23.7 Å². The lowest BCUT2D eigenvalue weighted by atomic mass is 9.66. The summed E-state index contributed by atoms with van der Waals surface area (Å²) in [5, 5.41) is 2.23. The van der Waals surface area contributed by atoms with E-state index < -0.39 is 11.0 Å². The summed E-state index contributed by atoms with van der Waals surface area (Å²) in [5.74, 6) is 8.04. The Morgan fingerprint density at radius 3 is 2.84 bits per heavy atom. The van der Waals surface area contributed by atoms with Gasteiger partial charge in [-0.25, -0.2) is 10.1 Å². The smallest absolute Gasteiger partial charge is 0.263 e. The van der Waals surface area contributed by atoms with E-state index in [1.807, 2.05) is 25.1 Å². The van der Waals surface area contributed by atoms with E-state index in [1.54, 1.807) is 17.3 Å². The lowest BCUT2D eigenvalue weighted by Gasteiger charge is -2.46. The zero-order valence-electron chi connectivity index (χ0n) is 26.3. The number of carbonyl (C=O) groups excluding carboxylic acids is 1. The average Bonchev–Trinajstić information content (AvgIpc) is 3.15. The van der Waals surface area contributed by atoms with E-state index in [9.17, 15) is 9.00 Å². The second-order valence-corrected chi connectivity index (χ2v) is 15.5. The van der Waals surface area contributed by atoms with Crippen molar-refractivity contribution in [3.05, 3.63) is 82.7 Å². The molecule has 2 bridgehead atoms. The van der Waals surface area contributed by atoms with Gasteiger partial charge in [0, 0.05) is 48.0 Å². The second-order valence-electron chi connectivity index (χ2n) is 13.6. The number of ether oxygens (including phenoxy) is 1. The van der Waals surface area contributed by atoms with Crippen LogP contribution in [0.15, 0.2) is 61.0 Å². The molecule has 1 spiro atoms. The van der Waals surface area contributed by atoms with Gasteiger partial charge in [0.1, 0.15) is 16.7 Å². The van der Waals surface area contributed by atoms with Gasteiger partial charge in [0.15, 0.2) is 0 Å². The van der Waals surface area contributed by atoms with Crippen molar-refractivity contribution in [1.82, 2.24) is 9.73 Å². The van der Waals surface area contributed by atoms with E-state index in [0.717, 1.165) is 68.1 Å². The first-order chi connectivity index (χ1) is 21.7. The molecule has 2 aliphatic heterocycles. The largest absolute Gasteiger partial charge is 0.490 e. The lowest BCUT2D eigenvalue weighted by Crippen LogP contribution is -2.49. The van der Waals surface area contributed by atoms with Crippen molar-refractivity contribution < 1.29 is 13.7 Å². The molecule has 4 aliphatic rings. The van der Waals surface area contributed by atoms with Crippen LogP contribution in [0.25, 0.3) is 0 Å². The van der Waals surface area contributed by atoms with E-state index in [0.29, 0.717) is 30.6 Å². The summed E-state index contributed by atoms with van der Waals surface area (Å²) in [5.41, 5.74) is 9.49. The Morgan fingerprint density at radius 1 is 1.22 bits per heavy atom. The van der Waals surface area contributed by atoms with Crippen LogP contribution >= 0.6 is 11.6 Å². The monoisotopic (exact) mass is 651 g/mol. The lowest BCUT2D eigenvalue weighted by molar-refractivity contribution is 0.0982. The molecule has 2 aromatic carbocycles. The first kappa shape index (κ1) is 32.0. The number of fused-ring (bicyclic) bond motifs is 4. The molecule has 1 fully saturated rings. The molecule has 10 heteroatoms. The van der Waals surface area contributed by atoms with Gasteiger partial charge in [0.25, 0.3) is 5.91 Å². The first-order valence-corrected chi connectivity index (χ1v) is 17.8. The van der Waals surface area contributed by atoms with Gasteiger partial charge in [-0.05, 0) is 111 Å². The van der Waals surface area contributed by atoms with Gasteiger partial charge < -0.3 is 20.4 Å².